The molecule has 0 atom stereocenters. The van der Waals surface area contributed by atoms with Gasteiger partial charge in [0.1, 0.15) is 5.82 Å². The highest BCUT2D eigenvalue weighted by Crippen LogP contribution is 2.26. The lowest BCUT2D eigenvalue weighted by atomic mass is 10.0. The van der Waals surface area contributed by atoms with Crippen molar-refractivity contribution in [1.29, 1.82) is 0 Å². The summed E-state index contributed by atoms with van der Waals surface area (Å²) >= 11 is 0. The molecule has 0 aliphatic carbocycles. The molecule has 0 unspecified atom stereocenters. The van der Waals surface area contributed by atoms with Crippen LogP contribution in [0.4, 0.5) is 4.39 Å². The van der Waals surface area contributed by atoms with E-state index < -0.39 is 5.97 Å². The Labute approximate surface area is 104 Å². The third kappa shape index (κ3) is 2.09. The molecule has 0 amide bonds. The van der Waals surface area contributed by atoms with Crippen molar-refractivity contribution >= 4 is 5.97 Å². The first kappa shape index (κ1) is 12.2. The molecule has 18 heavy (non-hydrogen) atoms. The Morgan fingerprint density at radius 2 is 1.83 bits per heavy atom. The lowest BCUT2D eigenvalue weighted by Crippen LogP contribution is -2.04. The average Bonchev–Trinajstić information content (AvgIpc) is 2.30. The summed E-state index contributed by atoms with van der Waals surface area (Å²) in [7, 11) is 0. The number of hydrogen-bond acceptors (Lipinski definition) is 2. The SMILES string of the molecule is Cc1nc(C)c(-c2ccccc2F)cc1C(=O)O. The maximum Gasteiger partial charge on any atom is 0.337 e. The first-order valence-electron chi connectivity index (χ1n) is 5.47. The lowest BCUT2D eigenvalue weighted by Gasteiger charge is -2.09. The molecule has 2 aromatic rings. The van der Waals surface area contributed by atoms with Gasteiger partial charge in [0.05, 0.1) is 11.3 Å². The van der Waals surface area contributed by atoms with Crippen LogP contribution in [-0.4, -0.2) is 16.1 Å². The fraction of sp³-hybridized carbons (Fsp3) is 0.143. The molecule has 0 fully saturated rings. The molecule has 0 aliphatic rings. The Hall–Kier alpha value is -2.23. The number of aromatic carboxylic acids is 1. The smallest absolute Gasteiger partial charge is 0.337 e. The van der Waals surface area contributed by atoms with Crippen molar-refractivity contribution in [2.24, 2.45) is 0 Å². The molecule has 1 N–H and O–H groups in total. The number of aryl methyl sites for hydroxylation is 2. The van der Waals surface area contributed by atoms with E-state index in [1.54, 1.807) is 32.0 Å². The molecule has 1 heterocycles. The monoisotopic (exact) mass is 245 g/mol. The molecule has 0 spiro atoms. The van der Waals surface area contributed by atoms with Crippen LogP contribution >= 0.6 is 0 Å². The largest absolute Gasteiger partial charge is 0.478 e. The van der Waals surface area contributed by atoms with Crippen LogP contribution in [-0.2, 0) is 0 Å². The van der Waals surface area contributed by atoms with Gasteiger partial charge in [-0.2, -0.15) is 0 Å². The molecule has 1 aromatic heterocycles. The summed E-state index contributed by atoms with van der Waals surface area (Å²) in [5.41, 5.74) is 2.02. The van der Waals surface area contributed by atoms with E-state index in [1.807, 2.05) is 0 Å². The van der Waals surface area contributed by atoms with Crippen LogP contribution in [0.5, 0.6) is 0 Å². The van der Waals surface area contributed by atoms with Crippen LogP contribution in [0.2, 0.25) is 0 Å². The minimum atomic E-state index is -1.06. The van der Waals surface area contributed by atoms with Gasteiger partial charge < -0.3 is 5.11 Å². The summed E-state index contributed by atoms with van der Waals surface area (Å²) in [6.45, 7) is 3.36. The summed E-state index contributed by atoms with van der Waals surface area (Å²) in [4.78, 5) is 15.2. The number of rotatable bonds is 2. The molecular formula is C14H12FNO2. The first-order chi connectivity index (χ1) is 8.50. The van der Waals surface area contributed by atoms with Gasteiger partial charge in [-0.1, -0.05) is 18.2 Å². The highest BCUT2D eigenvalue weighted by molar-refractivity contribution is 5.90. The predicted octanol–water partition coefficient (Wildman–Crippen LogP) is 3.20. The second-order valence-corrected chi connectivity index (χ2v) is 4.04. The molecule has 0 aliphatic heterocycles. The van der Waals surface area contributed by atoms with Gasteiger partial charge in [-0.25, -0.2) is 9.18 Å². The van der Waals surface area contributed by atoms with Crippen LogP contribution < -0.4 is 0 Å². The highest BCUT2D eigenvalue weighted by Gasteiger charge is 2.14. The summed E-state index contributed by atoms with van der Waals surface area (Å²) in [5.74, 6) is -1.44. The molecule has 0 saturated carbocycles. The maximum atomic E-state index is 13.7. The number of carboxylic acids is 1. The van der Waals surface area contributed by atoms with Gasteiger partial charge in [0, 0.05) is 16.8 Å². The lowest BCUT2D eigenvalue weighted by molar-refractivity contribution is 0.0695. The van der Waals surface area contributed by atoms with Crippen molar-refractivity contribution in [1.82, 2.24) is 4.98 Å². The number of benzene rings is 1. The third-order valence-corrected chi connectivity index (χ3v) is 2.80. The van der Waals surface area contributed by atoms with Crippen molar-refractivity contribution in [2.45, 2.75) is 13.8 Å². The van der Waals surface area contributed by atoms with Crippen molar-refractivity contribution < 1.29 is 14.3 Å². The predicted molar refractivity (Wildman–Crippen MR) is 66.1 cm³/mol. The zero-order chi connectivity index (χ0) is 13.3. The molecule has 0 radical (unpaired) electrons. The van der Waals surface area contributed by atoms with Crippen LogP contribution in [0.1, 0.15) is 21.7 Å². The molecule has 1 aromatic carbocycles. The van der Waals surface area contributed by atoms with E-state index in [-0.39, 0.29) is 11.4 Å². The second kappa shape index (κ2) is 4.56. The summed E-state index contributed by atoms with van der Waals surface area (Å²) < 4.78 is 13.7. The van der Waals surface area contributed by atoms with Gasteiger partial charge in [-0.15, -0.1) is 0 Å². The van der Waals surface area contributed by atoms with Crippen LogP contribution in [0.3, 0.4) is 0 Å². The minimum absolute atomic E-state index is 0.0962. The number of aromatic nitrogens is 1. The van der Waals surface area contributed by atoms with Gasteiger partial charge in [0.25, 0.3) is 0 Å². The average molecular weight is 245 g/mol. The number of pyridine rings is 1. The van der Waals surface area contributed by atoms with Crippen molar-refractivity contribution in [2.75, 3.05) is 0 Å². The Bertz CT molecular complexity index is 623. The molecule has 92 valence electrons. The fourth-order valence-electron chi connectivity index (χ4n) is 1.89. The van der Waals surface area contributed by atoms with Gasteiger partial charge in [0.2, 0.25) is 0 Å². The summed E-state index contributed by atoms with van der Waals surface area (Å²) in [6.07, 6.45) is 0. The van der Waals surface area contributed by atoms with Crippen LogP contribution in [0.25, 0.3) is 11.1 Å². The van der Waals surface area contributed by atoms with Crippen LogP contribution in [0, 0.1) is 19.7 Å². The molecule has 2 rings (SSSR count). The molecular weight excluding hydrogens is 233 g/mol. The number of carbonyl (C=O) groups is 1. The van der Waals surface area contributed by atoms with E-state index in [9.17, 15) is 9.18 Å². The number of carboxylic acid groups (broad SMARTS) is 1. The topological polar surface area (TPSA) is 50.2 Å². The Morgan fingerprint density at radius 3 is 2.44 bits per heavy atom. The third-order valence-electron chi connectivity index (χ3n) is 2.80. The van der Waals surface area contributed by atoms with E-state index in [0.29, 0.717) is 22.5 Å². The van der Waals surface area contributed by atoms with E-state index in [0.717, 1.165) is 0 Å². The Balaban J connectivity index is 2.69. The molecule has 4 heteroatoms. The van der Waals surface area contributed by atoms with Crippen molar-refractivity contribution in [3.8, 4) is 11.1 Å². The quantitative estimate of drug-likeness (QED) is 0.883. The van der Waals surface area contributed by atoms with Crippen LogP contribution in [0.15, 0.2) is 30.3 Å². The Kier molecular flexibility index (Phi) is 3.10. The molecule has 3 nitrogen and oxygen atoms in total. The normalized spacial score (nSPS) is 10.4. The van der Waals surface area contributed by atoms with Crippen molar-refractivity contribution in [3.63, 3.8) is 0 Å². The van der Waals surface area contributed by atoms with E-state index in [4.69, 9.17) is 5.11 Å². The summed E-state index contributed by atoms with van der Waals surface area (Å²) in [5, 5.41) is 9.06. The number of hydrogen-bond donors (Lipinski definition) is 1. The van der Waals surface area contributed by atoms with E-state index in [2.05, 4.69) is 4.98 Å². The minimum Gasteiger partial charge on any atom is -0.478 e. The molecule has 0 bridgehead atoms. The van der Waals surface area contributed by atoms with Gasteiger partial charge in [-0.05, 0) is 26.0 Å². The zero-order valence-electron chi connectivity index (χ0n) is 10.1. The van der Waals surface area contributed by atoms with Gasteiger partial charge in [-0.3, -0.25) is 4.98 Å². The second-order valence-electron chi connectivity index (χ2n) is 4.04. The van der Waals surface area contributed by atoms with E-state index in [1.165, 1.54) is 12.1 Å². The maximum absolute atomic E-state index is 13.7. The molecule has 0 saturated heterocycles. The highest BCUT2D eigenvalue weighted by atomic mass is 19.1. The Morgan fingerprint density at radius 1 is 1.17 bits per heavy atom. The summed E-state index contributed by atoms with van der Waals surface area (Å²) in [6, 6.07) is 7.72. The van der Waals surface area contributed by atoms with Gasteiger partial charge >= 0.3 is 5.97 Å². The first-order valence-corrected chi connectivity index (χ1v) is 5.47. The number of nitrogens with zero attached hydrogens (tertiary/aromatic N) is 1. The standard InChI is InChI=1S/C14H12FNO2/c1-8-11(10-5-3-4-6-13(10)15)7-12(14(17)18)9(2)16-8/h3-7H,1-2H3,(H,17,18). The number of halogens is 1. The zero-order valence-corrected chi connectivity index (χ0v) is 10.1. The van der Waals surface area contributed by atoms with Crippen molar-refractivity contribution in [3.05, 3.63) is 53.1 Å². The van der Waals surface area contributed by atoms with E-state index >= 15 is 0 Å². The van der Waals surface area contributed by atoms with Gasteiger partial charge in [0.15, 0.2) is 0 Å². The fourth-order valence-corrected chi connectivity index (χ4v) is 1.89.